The molecule has 6 heteroatoms. The van der Waals surface area contributed by atoms with E-state index >= 15 is 0 Å². The lowest BCUT2D eigenvalue weighted by molar-refractivity contribution is 0.191. The lowest BCUT2D eigenvalue weighted by atomic mass is 9.99. The Morgan fingerprint density at radius 3 is 2.83 bits per heavy atom. The van der Waals surface area contributed by atoms with Crippen LogP contribution in [0.5, 0.6) is 0 Å². The molecule has 136 valence electrons. The van der Waals surface area contributed by atoms with Crippen LogP contribution in [-0.4, -0.2) is 60.5 Å². The molecule has 0 saturated carbocycles. The van der Waals surface area contributed by atoms with Crippen LogP contribution in [0.1, 0.15) is 43.8 Å². The van der Waals surface area contributed by atoms with Crippen molar-refractivity contribution in [3.8, 4) is 0 Å². The van der Waals surface area contributed by atoms with Crippen molar-refractivity contribution in [2.24, 2.45) is 10.9 Å². The van der Waals surface area contributed by atoms with Crippen molar-refractivity contribution in [3.63, 3.8) is 0 Å². The van der Waals surface area contributed by atoms with Crippen LogP contribution in [0.15, 0.2) is 10.4 Å². The summed E-state index contributed by atoms with van der Waals surface area (Å²) in [5.74, 6) is 1.89. The number of aromatic nitrogens is 1. The molecule has 1 aliphatic heterocycles. The Labute approximate surface area is 151 Å². The third-order valence-corrected chi connectivity index (χ3v) is 5.35. The monoisotopic (exact) mass is 351 g/mol. The fourth-order valence-corrected chi connectivity index (χ4v) is 3.64. The van der Waals surface area contributed by atoms with Gasteiger partial charge in [0.15, 0.2) is 5.96 Å². The highest BCUT2D eigenvalue weighted by atomic mass is 32.1. The average molecular weight is 352 g/mol. The van der Waals surface area contributed by atoms with Gasteiger partial charge in [-0.2, -0.15) is 0 Å². The van der Waals surface area contributed by atoms with Crippen LogP contribution < -0.4 is 5.32 Å². The smallest absolute Gasteiger partial charge is 0.194 e. The van der Waals surface area contributed by atoms with Crippen molar-refractivity contribution in [3.05, 3.63) is 16.1 Å². The Balaban J connectivity index is 1.77. The zero-order valence-corrected chi connectivity index (χ0v) is 16.5. The molecule has 0 radical (unpaired) electrons. The molecule has 24 heavy (non-hydrogen) atoms. The molecule has 1 saturated heterocycles. The van der Waals surface area contributed by atoms with Crippen molar-refractivity contribution in [2.45, 2.75) is 46.6 Å². The fraction of sp³-hybridized carbons (Fsp3) is 0.778. The molecular weight excluding hydrogens is 318 g/mol. The quantitative estimate of drug-likeness (QED) is 0.466. The summed E-state index contributed by atoms with van der Waals surface area (Å²) in [4.78, 5) is 14.1. The van der Waals surface area contributed by atoms with Gasteiger partial charge in [-0.1, -0.05) is 6.92 Å². The van der Waals surface area contributed by atoms with E-state index < -0.39 is 0 Å². The Morgan fingerprint density at radius 2 is 2.21 bits per heavy atom. The number of nitrogens with zero attached hydrogens (tertiary/aromatic N) is 4. The molecule has 1 fully saturated rings. The largest absolute Gasteiger partial charge is 0.357 e. The molecule has 0 amide bonds. The number of rotatable bonds is 7. The van der Waals surface area contributed by atoms with Gasteiger partial charge in [-0.15, -0.1) is 11.3 Å². The lowest BCUT2D eigenvalue weighted by Gasteiger charge is -2.30. The maximum Gasteiger partial charge on any atom is 0.194 e. The van der Waals surface area contributed by atoms with E-state index in [9.17, 15) is 0 Å². The summed E-state index contributed by atoms with van der Waals surface area (Å²) >= 11 is 1.71. The van der Waals surface area contributed by atoms with Gasteiger partial charge < -0.3 is 15.1 Å². The first kappa shape index (κ1) is 19.2. The van der Waals surface area contributed by atoms with Gasteiger partial charge in [-0.05, 0) is 58.7 Å². The van der Waals surface area contributed by atoms with Gasteiger partial charge in [0.1, 0.15) is 0 Å². The number of hydrogen-bond acceptors (Lipinski definition) is 4. The van der Waals surface area contributed by atoms with Crippen LogP contribution in [0.2, 0.25) is 0 Å². The first-order valence-corrected chi connectivity index (χ1v) is 10.1. The minimum absolute atomic E-state index is 0.806. The van der Waals surface area contributed by atoms with Gasteiger partial charge in [0.25, 0.3) is 0 Å². The summed E-state index contributed by atoms with van der Waals surface area (Å²) in [6.45, 7) is 12.8. The molecule has 0 aromatic carbocycles. The Bertz CT molecular complexity index is 505. The average Bonchev–Trinajstić information content (AvgIpc) is 2.97. The van der Waals surface area contributed by atoms with E-state index in [1.807, 2.05) is 0 Å². The van der Waals surface area contributed by atoms with Crippen LogP contribution in [0.4, 0.5) is 0 Å². The molecular formula is C18H33N5S. The van der Waals surface area contributed by atoms with Gasteiger partial charge in [-0.3, -0.25) is 4.99 Å². The van der Waals surface area contributed by atoms with Gasteiger partial charge >= 0.3 is 0 Å². The number of aryl methyl sites for hydroxylation is 1. The summed E-state index contributed by atoms with van der Waals surface area (Å²) < 4.78 is 0. The maximum absolute atomic E-state index is 4.80. The first-order valence-electron chi connectivity index (χ1n) is 9.21. The summed E-state index contributed by atoms with van der Waals surface area (Å²) in [6, 6.07) is 0. The molecule has 0 spiro atoms. The summed E-state index contributed by atoms with van der Waals surface area (Å²) in [5, 5.41) is 6.64. The van der Waals surface area contributed by atoms with Gasteiger partial charge in [0.05, 0.1) is 17.2 Å². The number of likely N-dealkylation sites (tertiary alicyclic amines) is 1. The van der Waals surface area contributed by atoms with Gasteiger partial charge in [0, 0.05) is 25.5 Å². The van der Waals surface area contributed by atoms with Crippen LogP contribution in [0.3, 0.4) is 0 Å². The van der Waals surface area contributed by atoms with E-state index in [2.05, 4.69) is 53.3 Å². The Kier molecular flexibility index (Phi) is 7.99. The van der Waals surface area contributed by atoms with Crippen LogP contribution >= 0.6 is 11.3 Å². The molecule has 0 bridgehead atoms. The predicted molar refractivity (Wildman–Crippen MR) is 104 cm³/mol. The second-order valence-corrected chi connectivity index (χ2v) is 7.89. The van der Waals surface area contributed by atoms with E-state index in [0.717, 1.165) is 48.6 Å². The predicted octanol–water partition coefficient (Wildman–Crippen LogP) is 2.97. The van der Waals surface area contributed by atoms with Gasteiger partial charge in [0.2, 0.25) is 0 Å². The van der Waals surface area contributed by atoms with E-state index in [1.54, 1.807) is 11.3 Å². The molecule has 0 atom stereocenters. The Morgan fingerprint density at radius 1 is 1.46 bits per heavy atom. The molecule has 1 aliphatic rings. The minimum Gasteiger partial charge on any atom is -0.357 e. The zero-order chi connectivity index (χ0) is 17.4. The SMILES string of the molecule is CCNC(=NCCCN1CCC(C)CC1)N(C)Cc1csc(C)n1. The number of hydrogen-bond donors (Lipinski definition) is 1. The number of aliphatic imine (C=N–C) groups is 1. The maximum atomic E-state index is 4.80. The van der Waals surface area contributed by atoms with Crippen LogP contribution in [-0.2, 0) is 6.54 Å². The van der Waals surface area contributed by atoms with Crippen molar-refractivity contribution in [1.29, 1.82) is 0 Å². The van der Waals surface area contributed by atoms with Crippen LogP contribution in [0, 0.1) is 12.8 Å². The number of nitrogens with one attached hydrogen (secondary N) is 1. The molecule has 0 aliphatic carbocycles. The zero-order valence-electron chi connectivity index (χ0n) is 15.7. The summed E-state index contributed by atoms with van der Waals surface area (Å²) in [5.41, 5.74) is 1.12. The van der Waals surface area contributed by atoms with Gasteiger partial charge in [-0.25, -0.2) is 4.98 Å². The summed E-state index contributed by atoms with van der Waals surface area (Å²) in [6.07, 6.45) is 3.83. The highest BCUT2D eigenvalue weighted by Gasteiger charge is 2.15. The van der Waals surface area contributed by atoms with Crippen molar-refractivity contribution < 1.29 is 0 Å². The molecule has 1 N–H and O–H groups in total. The van der Waals surface area contributed by atoms with E-state index in [-0.39, 0.29) is 0 Å². The number of thiazole rings is 1. The third kappa shape index (κ3) is 6.40. The molecule has 2 rings (SSSR count). The molecule has 2 heterocycles. The van der Waals surface area contributed by atoms with Crippen molar-refractivity contribution >= 4 is 17.3 Å². The highest BCUT2D eigenvalue weighted by Crippen LogP contribution is 2.15. The van der Waals surface area contributed by atoms with E-state index in [4.69, 9.17) is 4.99 Å². The second kappa shape index (κ2) is 9.99. The fourth-order valence-electron chi connectivity index (χ4n) is 3.03. The normalized spacial score (nSPS) is 17.2. The second-order valence-electron chi connectivity index (χ2n) is 6.83. The molecule has 1 aromatic rings. The molecule has 0 unspecified atom stereocenters. The molecule has 5 nitrogen and oxygen atoms in total. The standard InChI is InChI=1S/C18H33N5S/c1-5-19-18(22(4)13-17-14-24-16(3)21-17)20-9-6-10-23-11-7-15(2)8-12-23/h14-15H,5-13H2,1-4H3,(H,19,20). The Hall–Kier alpha value is -1.14. The lowest BCUT2D eigenvalue weighted by Crippen LogP contribution is -2.39. The van der Waals surface area contributed by atoms with E-state index in [1.165, 1.54) is 32.5 Å². The number of guanidine groups is 1. The first-order chi connectivity index (χ1) is 11.6. The highest BCUT2D eigenvalue weighted by molar-refractivity contribution is 7.09. The number of piperidine rings is 1. The minimum atomic E-state index is 0.806. The molecule has 1 aromatic heterocycles. The summed E-state index contributed by atoms with van der Waals surface area (Å²) in [7, 11) is 2.09. The topological polar surface area (TPSA) is 43.8 Å². The third-order valence-electron chi connectivity index (χ3n) is 4.53. The van der Waals surface area contributed by atoms with Crippen LogP contribution in [0.25, 0.3) is 0 Å². The van der Waals surface area contributed by atoms with Crippen molar-refractivity contribution in [1.82, 2.24) is 20.1 Å². The van der Waals surface area contributed by atoms with Crippen molar-refractivity contribution in [2.75, 3.05) is 39.8 Å². The van der Waals surface area contributed by atoms with E-state index in [0.29, 0.717) is 0 Å².